The lowest BCUT2D eigenvalue weighted by atomic mass is 9.89. The van der Waals surface area contributed by atoms with Crippen LogP contribution in [0.25, 0.3) is 0 Å². The van der Waals surface area contributed by atoms with E-state index < -0.39 is 10.3 Å². The number of ketones is 1. The molecule has 6 heteroatoms. The lowest BCUT2D eigenvalue weighted by Crippen LogP contribution is -2.20. The van der Waals surface area contributed by atoms with Gasteiger partial charge in [0.2, 0.25) is 0 Å². The Morgan fingerprint density at radius 1 is 1.57 bits per heavy atom. The van der Waals surface area contributed by atoms with Crippen LogP contribution >= 0.6 is 0 Å². The first-order valence-electron chi connectivity index (χ1n) is 4.07. The molecule has 0 atom stereocenters. The molecule has 76 valence electrons. The summed E-state index contributed by atoms with van der Waals surface area (Å²) in [5, 5.41) is 16.1. The first-order valence-corrected chi connectivity index (χ1v) is 4.07. The first-order chi connectivity index (χ1) is 6.32. The Kier molecular flexibility index (Phi) is 2.37. The number of hydrogen-bond acceptors (Lipinski definition) is 4. The summed E-state index contributed by atoms with van der Waals surface area (Å²) in [5.41, 5.74) is -0.479. The number of carbonyl (C=O) groups excluding carboxylic acids is 1. The minimum Gasteiger partial charge on any atom is -0.358 e. The molecule has 0 fully saturated rings. The number of nitro groups is 1. The van der Waals surface area contributed by atoms with E-state index in [0.29, 0.717) is 0 Å². The molecule has 14 heavy (non-hydrogen) atoms. The molecule has 0 saturated carbocycles. The van der Waals surface area contributed by atoms with Crippen molar-refractivity contribution in [2.24, 2.45) is 5.41 Å². The number of carbonyl (C=O) groups is 1. The van der Waals surface area contributed by atoms with Crippen LogP contribution in [0.15, 0.2) is 6.07 Å². The quantitative estimate of drug-likeness (QED) is 0.442. The molecule has 0 saturated heterocycles. The molecule has 0 aliphatic carbocycles. The van der Waals surface area contributed by atoms with Gasteiger partial charge < -0.3 is 10.1 Å². The van der Waals surface area contributed by atoms with Crippen molar-refractivity contribution < 1.29 is 9.72 Å². The van der Waals surface area contributed by atoms with Gasteiger partial charge >= 0.3 is 5.82 Å². The molecular formula is C8H11N3O3. The number of rotatable bonds is 2. The molecule has 1 heterocycles. The number of nitrogens with zero attached hydrogens (tertiary/aromatic N) is 2. The maximum absolute atomic E-state index is 11.6. The van der Waals surface area contributed by atoms with Gasteiger partial charge in [-0.1, -0.05) is 25.9 Å². The Bertz CT molecular complexity index is 375. The molecule has 0 bridgehead atoms. The van der Waals surface area contributed by atoms with Crippen LogP contribution in [0.5, 0.6) is 0 Å². The Labute approximate surface area is 80.5 Å². The fraction of sp³-hybridized carbons (Fsp3) is 0.500. The normalized spacial score (nSPS) is 11.4. The van der Waals surface area contributed by atoms with Crippen molar-refractivity contribution >= 4 is 11.6 Å². The highest BCUT2D eigenvalue weighted by Crippen LogP contribution is 2.21. The Hall–Kier alpha value is -1.72. The van der Waals surface area contributed by atoms with E-state index >= 15 is 0 Å². The summed E-state index contributed by atoms with van der Waals surface area (Å²) in [6.45, 7) is 5.20. The summed E-state index contributed by atoms with van der Waals surface area (Å²) in [6, 6.07) is 1.15. The van der Waals surface area contributed by atoms with Crippen molar-refractivity contribution in [1.82, 2.24) is 10.2 Å². The van der Waals surface area contributed by atoms with E-state index in [1.807, 2.05) is 0 Å². The van der Waals surface area contributed by atoms with Crippen LogP contribution in [0.1, 0.15) is 31.3 Å². The van der Waals surface area contributed by atoms with Gasteiger partial charge in [0.1, 0.15) is 0 Å². The molecule has 1 N–H and O–H groups in total. The van der Waals surface area contributed by atoms with Crippen molar-refractivity contribution in [1.29, 1.82) is 0 Å². The number of H-pyrrole nitrogens is 1. The van der Waals surface area contributed by atoms with Crippen molar-refractivity contribution in [3.63, 3.8) is 0 Å². The van der Waals surface area contributed by atoms with Gasteiger partial charge in [-0.15, -0.1) is 5.10 Å². The molecule has 1 rings (SSSR count). The van der Waals surface area contributed by atoms with Crippen molar-refractivity contribution in [2.45, 2.75) is 20.8 Å². The third kappa shape index (κ3) is 1.95. The van der Waals surface area contributed by atoms with Gasteiger partial charge in [0, 0.05) is 5.41 Å². The molecule has 0 aliphatic rings. The number of aromatic nitrogens is 2. The van der Waals surface area contributed by atoms with Crippen molar-refractivity contribution in [3.8, 4) is 0 Å². The van der Waals surface area contributed by atoms with E-state index in [4.69, 9.17) is 0 Å². The van der Waals surface area contributed by atoms with E-state index in [0.717, 1.165) is 6.07 Å². The van der Waals surface area contributed by atoms with E-state index in [1.165, 1.54) is 0 Å². The summed E-state index contributed by atoms with van der Waals surface area (Å²) in [7, 11) is 0. The third-order valence-electron chi connectivity index (χ3n) is 1.67. The molecule has 6 nitrogen and oxygen atoms in total. The second-order valence-electron chi connectivity index (χ2n) is 3.97. The third-order valence-corrected chi connectivity index (χ3v) is 1.67. The summed E-state index contributed by atoms with van der Waals surface area (Å²) >= 11 is 0. The molecule has 1 aromatic heterocycles. The SMILES string of the molecule is CC(C)(C)C(=O)c1cc([N+](=O)[O-])[nH]n1. The minimum atomic E-state index is -0.619. The van der Waals surface area contributed by atoms with Crippen LogP contribution in [-0.2, 0) is 0 Å². The Balaban J connectivity index is 2.99. The van der Waals surface area contributed by atoms with E-state index in [9.17, 15) is 14.9 Å². The average Bonchev–Trinajstić information content (AvgIpc) is 2.48. The lowest BCUT2D eigenvalue weighted by Gasteiger charge is -2.13. The van der Waals surface area contributed by atoms with Gasteiger partial charge in [0.15, 0.2) is 11.5 Å². The van der Waals surface area contributed by atoms with Gasteiger partial charge in [-0.05, 0) is 4.92 Å². The fourth-order valence-electron chi connectivity index (χ4n) is 0.906. The standard InChI is InChI=1S/C8H11N3O3/c1-8(2,3)7(12)5-4-6(10-9-5)11(13)14/h4H,1-3H3,(H,9,10). The number of nitrogens with one attached hydrogen (secondary N) is 1. The van der Waals surface area contributed by atoms with E-state index in [1.54, 1.807) is 20.8 Å². The maximum Gasteiger partial charge on any atom is 0.343 e. The van der Waals surface area contributed by atoms with Crippen LogP contribution in [-0.4, -0.2) is 20.9 Å². The highest BCUT2D eigenvalue weighted by atomic mass is 16.6. The van der Waals surface area contributed by atoms with Gasteiger partial charge in [-0.2, -0.15) is 0 Å². The van der Waals surface area contributed by atoms with Gasteiger partial charge in [0.25, 0.3) is 0 Å². The first kappa shape index (κ1) is 10.4. The van der Waals surface area contributed by atoms with Gasteiger partial charge in [-0.25, -0.2) is 0 Å². The molecule has 0 aromatic carbocycles. The smallest absolute Gasteiger partial charge is 0.343 e. The van der Waals surface area contributed by atoms with Crippen LogP contribution in [0.2, 0.25) is 0 Å². The fourth-order valence-corrected chi connectivity index (χ4v) is 0.906. The van der Waals surface area contributed by atoms with Crippen LogP contribution < -0.4 is 0 Å². The predicted molar refractivity (Wildman–Crippen MR) is 49.0 cm³/mol. The number of Topliss-reactive ketones (excluding diaryl/α,β-unsaturated/α-hetero) is 1. The zero-order valence-electron chi connectivity index (χ0n) is 8.20. The largest absolute Gasteiger partial charge is 0.358 e. The topological polar surface area (TPSA) is 88.9 Å². The van der Waals surface area contributed by atoms with E-state index in [2.05, 4.69) is 10.2 Å². The van der Waals surface area contributed by atoms with Crippen molar-refractivity contribution in [2.75, 3.05) is 0 Å². The number of hydrogen-bond donors (Lipinski definition) is 1. The zero-order chi connectivity index (χ0) is 10.9. The molecule has 0 spiro atoms. The maximum atomic E-state index is 11.6. The summed E-state index contributed by atoms with van der Waals surface area (Å²) in [4.78, 5) is 21.3. The molecular weight excluding hydrogens is 186 g/mol. The molecule has 0 radical (unpaired) electrons. The highest BCUT2D eigenvalue weighted by Gasteiger charge is 2.27. The van der Waals surface area contributed by atoms with Gasteiger partial charge in [-0.3, -0.25) is 4.79 Å². The molecule has 1 aromatic rings. The highest BCUT2D eigenvalue weighted by molar-refractivity contribution is 5.98. The summed E-state index contributed by atoms with van der Waals surface area (Å²) in [6.07, 6.45) is 0. The minimum absolute atomic E-state index is 0.101. The predicted octanol–water partition coefficient (Wildman–Crippen LogP) is 1.55. The van der Waals surface area contributed by atoms with Crippen LogP contribution in [0, 0.1) is 15.5 Å². The monoisotopic (exact) mass is 197 g/mol. The van der Waals surface area contributed by atoms with Gasteiger partial charge in [0.05, 0.1) is 6.07 Å². The van der Waals surface area contributed by atoms with Crippen LogP contribution in [0.3, 0.4) is 0 Å². The molecule has 0 aliphatic heterocycles. The number of aromatic amines is 1. The Morgan fingerprint density at radius 2 is 2.14 bits per heavy atom. The second kappa shape index (κ2) is 3.21. The lowest BCUT2D eigenvalue weighted by molar-refractivity contribution is -0.389. The second-order valence-corrected chi connectivity index (χ2v) is 3.97. The summed E-state index contributed by atoms with van der Waals surface area (Å²) < 4.78 is 0. The molecule has 0 unspecified atom stereocenters. The average molecular weight is 197 g/mol. The summed E-state index contributed by atoms with van der Waals surface area (Å²) in [5.74, 6) is -0.487. The van der Waals surface area contributed by atoms with Crippen LogP contribution in [0.4, 0.5) is 5.82 Å². The Morgan fingerprint density at radius 3 is 2.50 bits per heavy atom. The zero-order valence-corrected chi connectivity index (χ0v) is 8.20. The van der Waals surface area contributed by atoms with E-state index in [-0.39, 0.29) is 17.3 Å². The molecule has 0 amide bonds. The van der Waals surface area contributed by atoms with Crippen molar-refractivity contribution in [3.05, 3.63) is 21.9 Å².